The van der Waals surface area contributed by atoms with Crippen molar-refractivity contribution in [1.29, 1.82) is 0 Å². The number of aryl methyl sites for hydroxylation is 1. The van der Waals surface area contributed by atoms with E-state index in [4.69, 9.17) is 4.52 Å². The summed E-state index contributed by atoms with van der Waals surface area (Å²) in [5.74, 6) is 1.38. The molecule has 110 valence electrons. The Kier molecular flexibility index (Phi) is 3.85. The van der Waals surface area contributed by atoms with Crippen molar-refractivity contribution >= 4 is 11.7 Å². The molecule has 2 aromatic heterocycles. The van der Waals surface area contributed by atoms with Crippen LogP contribution in [-0.2, 0) is 6.54 Å². The average molecular weight is 286 g/mol. The molecule has 1 amide bonds. The maximum Gasteiger partial charge on any atom is 0.273 e. The molecular formula is C15H18N4O2. The average Bonchev–Trinajstić information content (AvgIpc) is 3.16. The molecule has 0 saturated carbocycles. The molecule has 0 radical (unpaired) electrons. The number of pyridine rings is 1. The number of nitrogens with zero attached hydrogens (tertiary/aromatic N) is 3. The van der Waals surface area contributed by atoms with Crippen LogP contribution in [0.15, 0.2) is 28.9 Å². The standard InChI is InChI=1S/C15H18N4O2/c1-11-8-13(18-21-11)15(20)17-10-12-4-5-16-14(9-12)19-6-2-3-7-19/h4-5,8-9H,2-3,6-7,10H2,1H3,(H,17,20). The molecule has 0 aliphatic carbocycles. The molecule has 1 aliphatic heterocycles. The molecule has 6 nitrogen and oxygen atoms in total. The van der Waals surface area contributed by atoms with Gasteiger partial charge in [0.15, 0.2) is 5.69 Å². The minimum atomic E-state index is -0.230. The molecule has 1 saturated heterocycles. The SMILES string of the molecule is Cc1cc(C(=O)NCc2ccnc(N3CCCC3)c2)no1. The van der Waals surface area contributed by atoms with E-state index in [9.17, 15) is 4.79 Å². The number of hydrogen-bond donors (Lipinski definition) is 1. The van der Waals surface area contributed by atoms with Crippen molar-refractivity contribution in [2.75, 3.05) is 18.0 Å². The summed E-state index contributed by atoms with van der Waals surface area (Å²) in [6.45, 7) is 4.32. The van der Waals surface area contributed by atoms with E-state index in [1.807, 2.05) is 12.1 Å². The minimum Gasteiger partial charge on any atom is -0.361 e. The highest BCUT2D eigenvalue weighted by Gasteiger charge is 2.14. The van der Waals surface area contributed by atoms with Crippen molar-refractivity contribution in [3.63, 3.8) is 0 Å². The molecule has 3 rings (SSSR count). The van der Waals surface area contributed by atoms with Gasteiger partial charge in [-0.2, -0.15) is 0 Å². The Morgan fingerprint density at radius 3 is 2.90 bits per heavy atom. The first-order valence-electron chi connectivity index (χ1n) is 7.14. The highest BCUT2D eigenvalue weighted by Crippen LogP contribution is 2.18. The first-order chi connectivity index (χ1) is 10.2. The predicted molar refractivity (Wildman–Crippen MR) is 78.1 cm³/mol. The van der Waals surface area contributed by atoms with E-state index in [1.165, 1.54) is 12.8 Å². The molecule has 1 N–H and O–H groups in total. The van der Waals surface area contributed by atoms with Crippen LogP contribution in [0, 0.1) is 6.92 Å². The van der Waals surface area contributed by atoms with E-state index in [0.29, 0.717) is 18.0 Å². The van der Waals surface area contributed by atoms with Gasteiger partial charge in [-0.3, -0.25) is 4.79 Å². The topological polar surface area (TPSA) is 71.3 Å². The lowest BCUT2D eigenvalue weighted by atomic mass is 10.2. The van der Waals surface area contributed by atoms with Gasteiger partial charge in [-0.15, -0.1) is 0 Å². The summed E-state index contributed by atoms with van der Waals surface area (Å²) >= 11 is 0. The van der Waals surface area contributed by atoms with Crippen LogP contribution in [0.25, 0.3) is 0 Å². The fourth-order valence-electron chi connectivity index (χ4n) is 2.44. The maximum absolute atomic E-state index is 11.9. The number of nitrogens with one attached hydrogen (secondary N) is 1. The molecule has 1 fully saturated rings. The summed E-state index contributed by atoms with van der Waals surface area (Å²) in [6.07, 6.45) is 4.22. The summed E-state index contributed by atoms with van der Waals surface area (Å²) in [6, 6.07) is 5.56. The maximum atomic E-state index is 11.9. The van der Waals surface area contributed by atoms with Crippen molar-refractivity contribution in [2.24, 2.45) is 0 Å². The van der Waals surface area contributed by atoms with Gasteiger partial charge in [0.1, 0.15) is 11.6 Å². The molecular weight excluding hydrogens is 268 g/mol. The Balaban J connectivity index is 1.62. The normalized spacial score (nSPS) is 14.4. The molecule has 2 aromatic rings. The smallest absolute Gasteiger partial charge is 0.273 e. The van der Waals surface area contributed by atoms with Crippen LogP contribution in [0.4, 0.5) is 5.82 Å². The van der Waals surface area contributed by atoms with Gasteiger partial charge in [0, 0.05) is 31.9 Å². The molecule has 0 unspecified atom stereocenters. The van der Waals surface area contributed by atoms with Gasteiger partial charge in [0.25, 0.3) is 5.91 Å². The van der Waals surface area contributed by atoms with Crippen molar-refractivity contribution < 1.29 is 9.32 Å². The van der Waals surface area contributed by atoms with Gasteiger partial charge in [0.05, 0.1) is 0 Å². The molecule has 0 bridgehead atoms. The largest absolute Gasteiger partial charge is 0.361 e. The number of rotatable bonds is 4. The van der Waals surface area contributed by atoms with Gasteiger partial charge in [0.2, 0.25) is 0 Å². The van der Waals surface area contributed by atoms with Gasteiger partial charge >= 0.3 is 0 Å². The van der Waals surface area contributed by atoms with Crippen LogP contribution in [0.2, 0.25) is 0 Å². The van der Waals surface area contributed by atoms with Gasteiger partial charge in [-0.1, -0.05) is 5.16 Å². The van der Waals surface area contributed by atoms with E-state index in [0.717, 1.165) is 24.5 Å². The third-order valence-electron chi connectivity index (χ3n) is 3.55. The monoisotopic (exact) mass is 286 g/mol. The van der Waals surface area contributed by atoms with Gasteiger partial charge in [-0.25, -0.2) is 4.98 Å². The number of carbonyl (C=O) groups excluding carboxylic acids is 1. The zero-order valence-electron chi connectivity index (χ0n) is 12.0. The zero-order valence-corrected chi connectivity index (χ0v) is 12.0. The molecule has 6 heteroatoms. The molecule has 3 heterocycles. The minimum absolute atomic E-state index is 0.230. The van der Waals surface area contributed by atoms with E-state index in [-0.39, 0.29) is 5.91 Å². The van der Waals surface area contributed by atoms with E-state index < -0.39 is 0 Å². The van der Waals surface area contributed by atoms with Gasteiger partial charge in [-0.05, 0) is 37.5 Å². The van der Waals surface area contributed by atoms with E-state index in [2.05, 4.69) is 20.4 Å². The van der Waals surface area contributed by atoms with Crippen molar-refractivity contribution in [2.45, 2.75) is 26.3 Å². The zero-order chi connectivity index (χ0) is 14.7. The third kappa shape index (κ3) is 3.21. The first kappa shape index (κ1) is 13.6. The van der Waals surface area contributed by atoms with Crippen LogP contribution < -0.4 is 10.2 Å². The number of carbonyl (C=O) groups is 1. The lowest BCUT2D eigenvalue weighted by Crippen LogP contribution is -2.24. The highest BCUT2D eigenvalue weighted by molar-refractivity contribution is 5.92. The molecule has 0 aromatic carbocycles. The lowest BCUT2D eigenvalue weighted by Gasteiger charge is -2.16. The predicted octanol–water partition coefficient (Wildman–Crippen LogP) is 1.91. The van der Waals surface area contributed by atoms with Crippen LogP contribution in [0.1, 0.15) is 34.7 Å². The summed E-state index contributed by atoms with van der Waals surface area (Å²) in [5.41, 5.74) is 1.33. The second-order valence-corrected chi connectivity index (χ2v) is 5.22. The Labute approximate surface area is 123 Å². The Bertz CT molecular complexity index is 632. The summed E-state index contributed by atoms with van der Waals surface area (Å²) in [4.78, 5) is 18.6. The second-order valence-electron chi connectivity index (χ2n) is 5.22. The van der Waals surface area contributed by atoms with Crippen molar-refractivity contribution in [1.82, 2.24) is 15.5 Å². The molecule has 1 aliphatic rings. The van der Waals surface area contributed by atoms with Crippen molar-refractivity contribution in [3.8, 4) is 0 Å². The van der Waals surface area contributed by atoms with E-state index >= 15 is 0 Å². The summed E-state index contributed by atoms with van der Waals surface area (Å²) in [5, 5.41) is 6.54. The van der Waals surface area contributed by atoms with Crippen molar-refractivity contribution in [3.05, 3.63) is 41.4 Å². The third-order valence-corrected chi connectivity index (χ3v) is 3.55. The molecule has 0 atom stereocenters. The summed E-state index contributed by atoms with van der Waals surface area (Å²) in [7, 11) is 0. The van der Waals surface area contributed by atoms with Crippen LogP contribution in [-0.4, -0.2) is 29.1 Å². The first-order valence-corrected chi connectivity index (χ1v) is 7.14. The lowest BCUT2D eigenvalue weighted by molar-refractivity contribution is 0.0942. The summed E-state index contributed by atoms with van der Waals surface area (Å²) < 4.78 is 4.90. The number of anilines is 1. The number of hydrogen-bond acceptors (Lipinski definition) is 5. The Morgan fingerprint density at radius 1 is 1.38 bits per heavy atom. The molecule has 21 heavy (non-hydrogen) atoms. The quantitative estimate of drug-likeness (QED) is 0.929. The fraction of sp³-hybridized carbons (Fsp3) is 0.400. The van der Waals surface area contributed by atoms with Crippen LogP contribution in [0.5, 0.6) is 0 Å². The second kappa shape index (κ2) is 5.95. The van der Waals surface area contributed by atoms with Crippen LogP contribution >= 0.6 is 0 Å². The molecule has 0 spiro atoms. The fourth-order valence-corrected chi connectivity index (χ4v) is 2.44. The highest BCUT2D eigenvalue weighted by atomic mass is 16.5. The number of aromatic nitrogens is 2. The van der Waals surface area contributed by atoms with Crippen LogP contribution in [0.3, 0.4) is 0 Å². The Hall–Kier alpha value is -2.37. The van der Waals surface area contributed by atoms with Gasteiger partial charge < -0.3 is 14.7 Å². The number of amides is 1. The van der Waals surface area contributed by atoms with E-state index in [1.54, 1.807) is 19.2 Å². The Morgan fingerprint density at radius 2 is 2.19 bits per heavy atom.